The average Bonchev–Trinajstić information content (AvgIpc) is 3.24. The van der Waals surface area contributed by atoms with Gasteiger partial charge in [0.05, 0.1) is 5.60 Å². The zero-order valence-electron chi connectivity index (χ0n) is 12.2. The number of nitrogens with one attached hydrogen (secondary N) is 1. The Bertz CT molecular complexity index is 282. The number of hydrogen-bond acceptors (Lipinski definition) is 4. The summed E-state index contributed by atoms with van der Waals surface area (Å²) in [6.45, 7) is 4.95. The van der Waals surface area contributed by atoms with Gasteiger partial charge in [0, 0.05) is 45.0 Å². The predicted octanol–water partition coefficient (Wildman–Crippen LogP) is 1.40. The molecule has 1 spiro atoms. The molecular weight excluding hydrogens is 240 g/mol. The second-order valence-electron chi connectivity index (χ2n) is 6.50. The smallest absolute Gasteiger partial charge is 0.0741 e. The summed E-state index contributed by atoms with van der Waals surface area (Å²) in [7, 11) is 2.25. The fourth-order valence-electron chi connectivity index (χ4n) is 3.44. The van der Waals surface area contributed by atoms with Crippen LogP contribution in [0.3, 0.4) is 0 Å². The summed E-state index contributed by atoms with van der Waals surface area (Å²) in [4.78, 5) is 2.50. The van der Waals surface area contributed by atoms with Gasteiger partial charge in [0.25, 0.3) is 0 Å². The molecule has 110 valence electrons. The van der Waals surface area contributed by atoms with E-state index in [0.29, 0.717) is 6.04 Å². The van der Waals surface area contributed by atoms with Gasteiger partial charge in [-0.15, -0.1) is 0 Å². The monoisotopic (exact) mass is 268 g/mol. The van der Waals surface area contributed by atoms with E-state index in [-0.39, 0.29) is 5.60 Å². The molecule has 0 aromatic rings. The van der Waals surface area contributed by atoms with Crippen molar-refractivity contribution in [2.24, 2.45) is 0 Å². The molecule has 1 unspecified atom stereocenters. The molecule has 0 aromatic carbocycles. The van der Waals surface area contributed by atoms with E-state index in [1.54, 1.807) is 0 Å². The van der Waals surface area contributed by atoms with Crippen molar-refractivity contribution >= 4 is 0 Å². The van der Waals surface area contributed by atoms with Crippen LogP contribution in [-0.2, 0) is 9.47 Å². The largest absolute Gasteiger partial charge is 0.381 e. The van der Waals surface area contributed by atoms with E-state index in [1.165, 1.54) is 25.8 Å². The summed E-state index contributed by atoms with van der Waals surface area (Å²) in [6.07, 6.45) is 7.29. The fraction of sp³-hybridized carbons (Fsp3) is 1.00. The highest BCUT2D eigenvalue weighted by Gasteiger charge is 2.38. The molecule has 1 atom stereocenters. The third kappa shape index (κ3) is 3.69. The molecule has 0 radical (unpaired) electrons. The minimum Gasteiger partial charge on any atom is -0.381 e. The maximum atomic E-state index is 6.08. The Balaban J connectivity index is 1.40. The van der Waals surface area contributed by atoms with Gasteiger partial charge in [-0.2, -0.15) is 0 Å². The number of nitrogens with zero attached hydrogens (tertiary/aromatic N) is 1. The molecule has 4 heteroatoms. The van der Waals surface area contributed by atoms with Crippen molar-refractivity contribution < 1.29 is 9.47 Å². The van der Waals surface area contributed by atoms with Crippen molar-refractivity contribution in [3.63, 3.8) is 0 Å². The molecule has 2 aliphatic heterocycles. The Hall–Kier alpha value is -0.160. The highest BCUT2D eigenvalue weighted by Crippen LogP contribution is 2.34. The standard InChI is InChI=1S/C15H28N2O2/c1-17(14-2-3-14)8-7-16-13-4-9-19-15(12-13)5-10-18-11-6-15/h13-14,16H,2-12H2,1H3. The lowest BCUT2D eigenvalue weighted by Crippen LogP contribution is -2.50. The van der Waals surface area contributed by atoms with Gasteiger partial charge >= 0.3 is 0 Å². The molecule has 4 nitrogen and oxygen atoms in total. The van der Waals surface area contributed by atoms with E-state index in [1.807, 2.05) is 0 Å². The summed E-state index contributed by atoms with van der Waals surface area (Å²) < 4.78 is 11.6. The average molecular weight is 268 g/mol. The summed E-state index contributed by atoms with van der Waals surface area (Å²) in [5.41, 5.74) is 0.122. The first-order valence-corrected chi connectivity index (χ1v) is 7.93. The van der Waals surface area contributed by atoms with Gasteiger partial charge in [0.2, 0.25) is 0 Å². The van der Waals surface area contributed by atoms with Gasteiger partial charge in [0.15, 0.2) is 0 Å². The lowest BCUT2D eigenvalue weighted by Gasteiger charge is -2.43. The van der Waals surface area contributed by atoms with Crippen LogP contribution >= 0.6 is 0 Å². The maximum absolute atomic E-state index is 6.08. The van der Waals surface area contributed by atoms with Crippen LogP contribution in [0.4, 0.5) is 0 Å². The predicted molar refractivity (Wildman–Crippen MR) is 75.4 cm³/mol. The van der Waals surface area contributed by atoms with Gasteiger partial charge in [-0.25, -0.2) is 0 Å². The van der Waals surface area contributed by atoms with Gasteiger partial charge in [-0.05, 0) is 45.6 Å². The summed E-state index contributed by atoms with van der Waals surface area (Å²) in [6, 6.07) is 1.51. The molecule has 1 N–H and O–H groups in total. The van der Waals surface area contributed by atoms with E-state index < -0.39 is 0 Å². The highest BCUT2D eigenvalue weighted by molar-refractivity contribution is 4.91. The molecule has 1 saturated carbocycles. The quantitative estimate of drug-likeness (QED) is 0.817. The van der Waals surface area contributed by atoms with Crippen LogP contribution in [0.5, 0.6) is 0 Å². The van der Waals surface area contributed by atoms with Crippen LogP contribution in [0, 0.1) is 0 Å². The minimum atomic E-state index is 0.122. The number of likely N-dealkylation sites (N-methyl/N-ethyl adjacent to an activating group) is 1. The molecule has 2 heterocycles. The van der Waals surface area contributed by atoms with Crippen LogP contribution in [-0.4, -0.2) is 62.5 Å². The first-order valence-electron chi connectivity index (χ1n) is 7.93. The summed E-state index contributed by atoms with van der Waals surface area (Å²) >= 11 is 0. The fourth-order valence-corrected chi connectivity index (χ4v) is 3.44. The van der Waals surface area contributed by atoms with Crippen LogP contribution in [0.25, 0.3) is 0 Å². The van der Waals surface area contributed by atoms with E-state index in [9.17, 15) is 0 Å². The summed E-state index contributed by atoms with van der Waals surface area (Å²) in [5.74, 6) is 0. The van der Waals surface area contributed by atoms with Crippen molar-refractivity contribution in [2.45, 2.75) is 56.2 Å². The van der Waals surface area contributed by atoms with E-state index in [0.717, 1.165) is 51.7 Å². The Morgan fingerprint density at radius 1 is 1.16 bits per heavy atom. The molecule has 0 amide bonds. The molecule has 3 fully saturated rings. The number of rotatable bonds is 5. The summed E-state index contributed by atoms with van der Waals surface area (Å²) in [5, 5.41) is 3.74. The molecule has 0 aromatic heterocycles. The lowest BCUT2D eigenvalue weighted by molar-refractivity contribution is -0.140. The molecule has 3 aliphatic rings. The van der Waals surface area contributed by atoms with E-state index >= 15 is 0 Å². The van der Waals surface area contributed by atoms with Crippen LogP contribution in [0.2, 0.25) is 0 Å². The third-order valence-electron chi connectivity index (χ3n) is 4.96. The second-order valence-corrected chi connectivity index (χ2v) is 6.50. The molecule has 1 aliphatic carbocycles. The maximum Gasteiger partial charge on any atom is 0.0741 e. The van der Waals surface area contributed by atoms with Gasteiger partial charge in [-0.1, -0.05) is 0 Å². The Morgan fingerprint density at radius 3 is 2.68 bits per heavy atom. The van der Waals surface area contributed by atoms with Gasteiger partial charge < -0.3 is 19.7 Å². The van der Waals surface area contributed by atoms with Crippen LogP contribution < -0.4 is 5.32 Å². The van der Waals surface area contributed by atoms with E-state index in [4.69, 9.17) is 9.47 Å². The molecule has 0 bridgehead atoms. The second kappa shape index (κ2) is 6.08. The first kappa shape index (κ1) is 13.8. The van der Waals surface area contributed by atoms with Gasteiger partial charge in [-0.3, -0.25) is 0 Å². The molecule has 2 saturated heterocycles. The SMILES string of the molecule is CN(CCNC1CCOC2(CCOCC2)C1)C1CC1. The topological polar surface area (TPSA) is 33.7 Å². The van der Waals surface area contributed by atoms with Crippen LogP contribution in [0.1, 0.15) is 38.5 Å². The zero-order valence-corrected chi connectivity index (χ0v) is 12.2. The Labute approximate surface area is 116 Å². The Kier molecular flexibility index (Phi) is 4.42. The van der Waals surface area contributed by atoms with Crippen molar-refractivity contribution in [1.82, 2.24) is 10.2 Å². The highest BCUT2D eigenvalue weighted by atomic mass is 16.5. The minimum absolute atomic E-state index is 0.122. The van der Waals surface area contributed by atoms with Crippen molar-refractivity contribution in [3.8, 4) is 0 Å². The molecule has 19 heavy (non-hydrogen) atoms. The number of ether oxygens (including phenoxy) is 2. The van der Waals surface area contributed by atoms with Crippen LogP contribution in [0.15, 0.2) is 0 Å². The van der Waals surface area contributed by atoms with Crippen molar-refractivity contribution in [2.75, 3.05) is 40.0 Å². The molecular formula is C15H28N2O2. The third-order valence-corrected chi connectivity index (χ3v) is 4.96. The number of hydrogen-bond donors (Lipinski definition) is 1. The van der Waals surface area contributed by atoms with E-state index in [2.05, 4.69) is 17.3 Å². The lowest BCUT2D eigenvalue weighted by atomic mass is 9.84. The zero-order chi connectivity index (χ0) is 13.1. The van der Waals surface area contributed by atoms with Crippen molar-refractivity contribution in [3.05, 3.63) is 0 Å². The first-order chi connectivity index (χ1) is 9.27. The van der Waals surface area contributed by atoms with Crippen molar-refractivity contribution in [1.29, 1.82) is 0 Å². The normalized spacial score (nSPS) is 30.9. The van der Waals surface area contributed by atoms with Gasteiger partial charge in [0.1, 0.15) is 0 Å². The Morgan fingerprint density at radius 2 is 1.95 bits per heavy atom. The molecule has 3 rings (SSSR count).